The van der Waals surface area contributed by atoms with Gasteiger partial charge in [0.2, 0.25) is 0 Å². The first-order chi connectivity index (χ1) is 11.1. The van der Waals surface area contributed by atoms with Gasteiger partial charge in [-0.3, -0.25) is 14.9 Å². The molecule has 0 bridgehead atoms. The van der Waals surface area contributed by atoms with E-state index in [1.165, 1.54) is 24.4 Å². The van der Waals surface area contributed by atoms with E-state index >= 15 is 0 Å². The van der Waals surface area contributed by atoms with E-state index in [2.05, 4.69) is 26.5 Å². The van der Waals surface area contributed by atoms with E-state index in [9.17, 15) is 14.9 Å². The molecule has 1 N–H and O–H groups in total. The van der Waals surface area contributed by atoms with E-state index in [4.69, 9.17) is 4.74 Å². The summed E-state index contributed by atoms with van der Waals surface area (Å²) < 4.78 is 6.04. The lowest BCUT2D eigenvalue weighted by molar-refractivity contribution is -0.385. The minimum absolute atomic E-state index is 0.0311. The number of nitro groups is 1. The summed E-state index contributed by atoms with van der Waals surface area (Å²) >= 11 is 3.33. The van der Waals surface area contributed by atoms with E-state index < -0.39 is 10.8 Å². The molecule has 118 valence electrons. The number of hydrazone groups is 1. The smallest absolute Gasteiger partial charge is 0.310 e. The Labute approximate surface area is 140 Å². The third kappa shape index (κ3) is 5.19. The summed E-state index contributed by atoms with van der Waals surface area (Å²) in [5.74, 6) is -0.488. The lowest BCUT2D eigenvalue weighted by Gasteiger charge is -2.05. The predicted molar refractivity (Wildman–Crippen MR) is 88.5 cm³/mol. The Morgan fingerprint density at radius 2 is 2.09 bits per heavy atom. The Kier molecular flexibility index (Phi) is 5.81. The van der Waals surface area contributed by atoms with Crippen molar-refractivity contribution >= 4 is 33.7 Å². The van der Waals surface area contributed by atoms with Crippen LogP contribution in [0.1, 0.15) is 5.56 Å². The summed E-state index contributed by atoms with van der Waals surface area (Å²) in [7, 11) is 0. The summed E-state index contributed by atoms with van der Waals surface area (Å²) in [6, 6.07) is 13.2. The highest BCUT2D eigenvalue weighted by atomic mass is 79.9. The number of nitrogens with zero attached hydrogens (tertiary/aromatic N) is 2. The molecule has 0 atom stereocenters. The first-order valence-electron chi connectivity index (χ1n) is 6.50. The van der Waals surface area contributed by atoms with E-state index in [1.54, 1.807) is 6.07 Å². The van der Waals surface area contributed by atoms with Crippen molar-refractivity contribution in [2.75, 3.05) is 6.61 Å². The van der Waals surface area contributed by atoms with Crippen LogP contribution in [0.3, 0.4) is 0 Å². The lowest BCUT2D eigenvalue weighted by Crippen LogP contribution is -2.24. The van der Waals surface area contributed by atoms with Crippen molar-refractivity contribution in [2.45, 2.75) is 0 Å². The molecule has 2 rings (SSSR count). The van der Waals surface area contributed by atoms with Crippen LogP contribution in [0.4, 0.5) is 5.69 Å². The maximum absolute atomic E-state index is 11.6. The molecule has 0 aliphatic heterocycles. The number of hydrogen-bond donors (Lipinski definition) is 1. The Morgan fingerprint density at radius 1 is 1.30 bits per heavy atom. The number of carbonyl (C=O) groups excluding carboxylic acids is 1. The number of nitro benzene ring substituents is 1. The van der Waals surface area contributed by atoms with E-state index in [0.717, 1.165) is 10.0 Å². The quantitative estimate of drug-likeness (QED) is 0.475. The molecular weight excluding hydrogens is 366 g/mol. The van der Waals surface area contributed by atoms with Gasteiger partial charge in [-0.1, -0.05) is 40.2 Å². The number of amides is 1. The van der Waals surface area contributed by atoms with Crippen molar-refractivity contribution in [1.82, 2.24) is 5.43 Å². The molecule has 23 heavy (non-hydrogen) atoms. The molecule has 0 radical (unpaired) electrons. The van der Waals surface area contributed by atoms with Gasteiger partial charge in [0, 0.05) is 10.5 Å². The topological polar surface area (TPSA) is 93.8 Å². The molecule has 0 spiro atoms. The number of ether oxygens (including phenoxy) is 1. The van der Waals surface area contributed by atoms with Crippen LogP contribution in [-0.4, -0.2) is 23.7 Å². The zero-order chi connectivity index (χ0) is 16.7. The highest BCUT2D eigenvalue weighted by molar-refractivity contribution is 9.10. The third-order valence-electron chi connectivity index (χ3n) is 2.67. The van der Waals surface area contributed by atoms with Crippen molar-refractivity contribution in [3.8, 4) is 5.75 Å². The van der Waals surface area contributed by atoms with Crippen LogP contribution in [0.5, 0.6) is 5.75 Å². The SMILES string of the molecule is O=C(COc1ccccc1[N+](=O)[O-])N/N=C/c1cccc(Br)c1. The van der Waals surface area contributed by atoms with E-state index in [-0.39, 0.29) is 18.0 Å². The number of halogens is 1. The minimum atomic E-state index is -0.571. The Balaban J connectivity index is 1.87. The second-order valence-corrected chi connectivity index (χ2v) is 5.28. The summed E-state index contributed by atoms with van der Waals surface area (Å²) in [5, 5.41) is 14.6. The molecule has 8 heteroatoms. The molecule has 2 aromatic carbocycles. The molecule has 1 amide bonds. The number of benzene rings is 2. The van der Waals surface area contributed by atoms with Gasteiger partial charge in [0.15, 0.2) is 12.4 Å². The maximum Gasteiger partial charge on any atom is 0.310 e. The van der Waals surface area contributed by atoms with Gasteiger partial charge in [-0.2, -0.15) is 5.10 Å². The van der Waals surface area contributed by atoms with Crippen LogP contribution in [-0.2, 0) is 4.79 Å². The van der Waals surface area contributed by atoms with Crippen LogP contribution in [0.15, 0.2) is 58.1 Å². The van der Waals surface area contributed by atoms with E-state index in [0.29, 0.717) is 0 Å². The first kappa shape index (κ1) is 16.6. The van der Waals surface area contributed by atoms with Crippen molar-refractivity contribution in [2.24, 2.45) is 5.10 Å². The fourth-order valence-corrected chi connectivity index (χ4v) is 2.09. The van der Waals surface area contributed by atoms with Crippen molar-refractivity contribution < 1.29 is 14.5 Å². The second-order valence-electron chi connectivity index (χ2n) is 4.36. The number of carbonyl (C=O) groups is 1. The first-order valence-corrected chi connectivity index (χ1v) is 7.29. The molecule has 2 aromatic rings. The molecule has 0 aromatic heterocycles. The third-order valence-corrected chi connectivity index (χ3v) is 3.17. The molecule has 0 aliphatic carbocycles. The summed E-state index contributed by atoms with van der Waals surface area (Å²) in [6.07, 6.45) is 1.48. The van der Waals surface area contributed by atoms with Crippen LogP contribution >= 0.6 is 15.9 Å². The molecule has 0 saturated heterocycles. The standard InChI is InChI=1S/C15H12BrN3O4/c16-12-5-3-4-11(8-12)9-17-18-15(20)10-23-14-7-2-1-6-13(14)19(21)22/h1-9H,10H2,(H,18,20)/b17-9+. The zero-order valence-electron chi connectivity index (χ0n) is 11.8. The van der Waals surface area contributed by atoms with Gasteiger partial charge >= 0.3 is 5.69 Å². The fraction of sp³-hybridized carbons (Fsp3) is 0.0667. The van der Waals surface area contributed by atoms with Crippen molar-refractivity contribution in [3.05, 3.63) is 68.7 Å². The highest BCUT2D eigenvalue weighted by Crippen LogP contribution is 2.25. The predicted octanol–water partition coefficient (Wildman–Crippen LogP) is 2.89. The zero-order valence-corrected chi connectivity index (χ0v) is 13.4. The van der Waals surface area contributed by atoms with Crippen LogP contribution in [0.25, 0.3) is 0 Å². The normalized spacial score (nSPS) is 10.5. The highest BCUT2D eigenvalue weighted by Gasteiger charge is 2.14. The number of nitrogens with one attached hydrogen (secondary N) is 1. The van der Waals surface area contributed by atoms with Gasteiger partial charge in [-0.05, 0) is 23.8 Å². The van der Waals surface area contributed by atoms with Gasteiger partial charge in [0.25, 0.3) is 5.91 Å². The van der Waals surface area contributed by atoms with Gasteiger partial charge in [-0.25, -0.2) is 5.43 Å². The largest absolute Gasteiger partial charge is 0.477 e. The second kappa shape index (κ2) is 8.04. The van der Waals surface area contributed by atoms with E-state index in [1.807, 2.05) is 24.3 Å². The fourth-order valence-electron chi connectivity index (χ4n) is 1.67. The summed E-state index contributed by atoms with van der Waals surface area (Å²) in [6.45, 7) is -0.374. The average molecular weight is 378 g/mol. The summed E-state index contributed by atoms with van der Waals surface area (Å²) in [5.41, 5.74) is 2.90. The Morgan fingerprint density at radius 3 is 2.83 bits per heavy atom. The van der Waals surface area contributed by atoms with Gasteiger partial charge < -0.3 is 4.74 Å². The molecule has 0 heterocycles. The number of para-hydroxylation sites is 2. The van der Waals surface area contributed by atoms with Crippen LogP contribution in [0, 0.1) is 10.1 Å². The van der Waals surface area contributed by atoms with Crippen LogP contribution in [0.2, 0.25) is 0 Å². The van der Waals surface area contributed by atoms with Gasteiger partial charge in [0.1, 0.15) is 0 Å². The molecular formula is C15H12BrN3O4. The molecule has 0 aliphatic rings. The molecule has 7 nitrogen and oxygen atoms in total. The number of hydrogen-bond acceptors (Lipinski definition) is 5. The Bertz CT molecular complexity index is 749. The van der Waals surface area contributed by atoms with Gasteiger partial charge in [-0.15, -0.1) is 0 Å². The van der Waals surface area contributed by atoms with Crippen molar-refractivity contribution in [1.29, 1.82) is 0 Å². The maximum atomic E-state index is 11.6. The molecule has 0 saturated carbocycles. The minimum Gasteiger partial charge on any atom is -0.477 e. The van der Waals surface area contributed by atoms with Gasteiger partial charge in [0.05, 0.1) is 11.1 Å². The monoisotopic (exact) mass is 377 g/mol. The molecule has 0 unspecified atom stereocenters. The summed E-state index contributed by atoms with van der Waals surface area (Å²) in [4.78, 5) is 21.9. The molecule has 0 fully saturated rings. The van der Waals surface area contributed by atoms with Crippen LogP contribution < -0.4 is 10.2 Å². The number of rotatable bonds is 6. The lowest BCUT2D eigenvalue weighted by atomic mass is 10.2. The Hall–Kier alpha value is -2.74. The van der Waals surface area contributed by atoms with Crippen molar-refractivity contribution in [3.63, 3.8) is 0 Å². The average Bonchev–Trinajstić information content (AvgIpc) is 2.53.